The summed E-state index contributed by atoms with van der Waals surface area (Å²) in [5.74, 6) is 0.963. The molecule has 0 saturated heterocycles. The van der Waals surface area contributed by atoms with Gasteiger partial charge in [0.2, 0.25) is 0 Å². The van der Waals surface area contributed by atoms with Gasteiger partial charge >= 0.3 is 0 Å². The van der Waals surface area contributed by atoms with E-state index >= 15 is 0 Å². The summed E-state index contributed by atoms with van der Waals surface area (Å²) in [6.07, 6.45) is 3.99. The lowest BCUT2D eigenvalue weighted by molar-refractivity contribution is -0.116. The molecule has 0 spiro atoms. The monoisotopic (exact) mass is 241 g/mol. The Morgan fingerprint density at radius 2 is 1.94 bits per heavy atom. The molecule has 0 N–H and O–H groups in total. The molecular weight excluding hydrogens is 226 g/mol. The van der Waals surface area contributed by atoms with E-state index in [9.17, 15) is 4.79 Å². The third-order valence-electron chi connectivity index (χ3n) is 2.50. The zero-order chi connectivity index (χ0) is 12.8. The summed E-state index contributed by atoms with van der Waals surface area (Å²) < 4.78 is 5.63. The molecule has 2 aromatic rings. The highest BCUT2D eigenvalue weighted by Gasteiger charge is 1.99. The number of hydrogen-bond donors (Lipinski definition) is 0. The quantitative estimate of drug-likeness (QED) is 0.808. The topological polar surface area (TPSA) is 39.2 Å². The molecule has 3 nitrogen and oxygen atoms in total. The maximum atomic E-state index is 11.0. The van der Waals surface area contributed by atoms with E-state index in [-0.39, 0.29) is 5.78 Å². The van der Waals surface area contributed by atoms with Crippen molar-refractivity contribution in [3.8, 4) is 5.75 Å². The fraction of sp³-hybridized carbons (Fsp3) is 0.200. The molecule has 0 atom stereocenters. The highest BCUT2D eigenvalue weighted by atomic mass is 16.5. The maximum Gasteiger partial charge on any atom is 0.134 e. The van der Waals surface area contributed by atoms with Crippen molar-refractivity contribution in [3.05, 3.63) is 59.9 Å². The van der Waals surface area contributed by atoms with Crippen LogP contribution in [0.15, 0.2) is 48.8 Å². The number of nitrogens with zero attached hydrogens (tertiary/aromatic N) is 1. The van der Waals surface area contributed by atoms with Crippen LogP contribution in [0.4, 0.5) is 0 Å². The van der Waals surface area contributed by atoms with Crippen molar-refractivity contribution in [2.45, 2.75) is 20.0 Å². The average Bonchev–Trinajstić information content (AvgIpc) is 2.38. The number of ether oxygens (including phenoxy) is 1. The van der Waals surface area contributed by atoms with Gasteiger partial charge in [0.25, 0.3) is 0 Å². The average molecular weight is 241 g/mol. The molecule has 1 aromatic heterocycles. The van der Waals surface area contributed by atoms with Crippen LogP contribution in [-0.2, 0) is 17.8 Å². The van der Waals surface area contributed by atoms with Crippen LogP contribution >= 0.6 is 0 Å². The van der Waals surface area contributed by atoms with Crippen molar-refractivity contribution in [3.63, 3.8) is 0 Å². The Balaban J connectivity index is 1.92. The van der Waals surface area contributed by atoms with Crippen molar-refractivity contribution in [2.75, 3.05) is 0 Å². The first-order chi connectivity index (χ1) is 8.74. The molecule has 1 aromatic carbocycles. The van der Waals surface area contributed by atoms with E-state index in [1.165, 1.54) is 0 Å². The van der Waals surface area contributed by atoms with E-state index in [1.54, 1.807) is 19.3 Å². The lowest BCUT2D eigenvalue weighted by Gasteiger charge is -2.06. The largest absolute Gasteiger partial charge is 0.489 e. The summed E-state index contributed by atoms with van der Waals surface area (Å²) in [5.41, 5.74) is 2.04. The molecule has 0 radical (unpaired) electrons. The Morgan fingerprint density at radius 3 is 2.56 bits per heavy atom. The van der Waals surface area contributed by atoms with Crippen LogP contribution in [0, 0.1) is 0 Å². The van der Waals surface area contributed by atoms with Crippen molar-refractivity contribution >= 4 is 5.78 Å². The highest BCUT2D eigenvalue weighted by Crippen LogP contribution is 2.14. The number of benzene rings is 1. The van der Waals surface area contributed by atoms with Gasteiger partial charge in [-0.1, -0.05) is 18.2 Å². The van der Waals surface area contributed by atoms with Gasteiger partial charge in [0.05, 0.1) is 0 Å². The molecule has 0 saturated carbocycles. The standard InChI is InChI=1S/C15H15NO2/c1-12(17)9-13-4-6-15(7-5-13)18-11-14-3-2-8-16-10-14/h2-8,10H,9,11H2,1H3. The Bertz CT molecular complexity index is 506. The summed E-state index contributed by atoms with van der Waals surface area (Å²) in [4.78, 5) is 15.0. The summed E-state index contributed by atoms with van der Waals surface area (Å²) in [7, 11) is 0. The Labute approximate surface area is 106 Å². The molecule has 0 aliphatic carbocycles. The molecule has 0 aliphatic rings. The zero-order valence-electron chi connectivity index (χ0n) is 10.3. The Kier molecular flexibility index (Phi) is 4.07. The lowest BCUT2D eigenvalue weighted by Crippen LogP contribution is -1.98. The molecule has 1 heterocycles. The minimum atomic E-state index is 0.166. The van der Waals surface area contributed by atoms with E-state index in [1.807, 2.05) is 36.4 Å². The van der Waals surface area contributed by atoms with Crippen molar-refractivity contribution in [1.29, 1.82) is 0 Å². The molecule has 3 heteroatoms. The molecule has 2 rings (SSSR count). The Hall–Kier alpha value is -2.16. The predicted molar refractivity (Wildman–Crippen MR) is 69.4 cm³/mol. The van der Waals surface area contributed by atoms with Crippen molar-refractivity contribution in [1.82, 2.24) is 4.98 Å². The first-order valence-corrected chi connectivity index (χ1v) is 5.84. The molecule has 0 fully saturated rings. The van der Waals surface area contributed by atoms with Gasteiger partial charge in [0.15, 0.2) is 0 Å². The lowest BCUT2D eigenvalue weighted by atomic mass is 10.1. The predicted octanol–water partition coefficient (Wildman–Crippen LogP) is 2.79. The van der Waals surface area contributed by atoms with Crippen LogP contribution in [0.2, 0.25) is 0 Å². The van der Waals surface area contributed by atoms with Crippen molar-refractivity contribution in [2.24, 2.45) is 0 Å². The molecule has 92 valence electrons. The minimum Gasteiger partial charge on any atom is -0.489 e. The van der Waals surface area contributed by atoms with Gasteiger partial charge in [0, 0.05) is 24.4 Å². The van der Waals surface area contributed by atoms with Gasteiger partial charge in [0.1, 0.15) is 18.1 Å². The summed E-state index contributed by atoms with van der Waals surface area (Å²) in [5, 5.41) is 0. The van der Waals surface area contributed by atoms with Crippen LogP contribution in [0.1, 0.15) is 18.1 Å². The second kappa shape index (κ2) is 5.96. The number of hydrogen-bond acceptors (Lipinski definition) is 3. The maximum absolute atomic E-state index is 11.0. The smallest absolute Gasteiger partial charge is 0.134 e. The molecule has 0 amide bonds. The van der Waals surface area contributed by atoms with E-state index < -0.39 is 0 Å². The van der Waals surface area contributed by atoms with E-state index in [4.69, 9.17) is 4.74 Å². The van der Waals surface area contributed by atoms with Crippen LogP contribution < -0.4 is 4.74 Å². The van der Waals surface area contributed by atoms with E-state index in [0.717, 1.165) is 16.9 Å². The van der Waals surface area contributed by atoms with E-state index in [0.29, 0.717) is 13.0 Å². The highest BCUT2D eigenvalue weighted by molar-refractivity contribution is 5.78. The van der Waals surface area contributed by atoms with E-state index in [2.05, 4.69) is 4.98 Å². The van der Waals surface area contributed by atoms with Gasteiger partial charge in [-0.25, -0.2) is 0 Å². The van der Waals surface area contributed by atoms with Crippen LogP contribution in [0.5, 0.6) is 5.75 Å². The fourth-order valence-electron chi connectivity index (χ4n) is 1.64. The second-order valence-corrected chi connectivity index (χ2v) is 4.17. The third-order valence-corrected chi connectivity index (χ3v) is 2.50. The fourth-order valence-corrected chi connectivity index (χ4v) is 1.64. The number of pyridine rings is 1. The van der Waals surface area contributed by atoms with Crippen LogP contribution in [0.25, 0.3) is 0 Å². The SMILES string of the molecule is CC(=O)Cc1ccc(OCc2cccnc2)cc1. The number of carbonyl (C=O) groups is 1. The first-order valence-electron chi connectivity index (χ1n) is 5.84. The number of rotatable bonds is 5. The summed E-state index contributed by atoms with van der Waals surface area (Å²) in [6, 6.07) is 11.5. The van der Waals surface area contributed by atoms with Crippen molar-refractivity contribution < 1.29 is 9.53 Å². The first kappa shape index (κ1) is 12.3. The van der Waals surface area contributed by atoms with Gasteiger partial charge in [-0.2, -0.15) is 0 Å². The minimum absolute atomic E-state index is 0.166. The number of carbonyl (C=O) groups excluding carboxylic acids is 1. The molecule has 0 aliphatic heterocycles. The zero-order valence-corrected chi connectivity index (χ0v) is 10.3. The van der Waals surface area contributed by atoms with Gasteiger partial charge < -0.3 is 4.74 Å². The normalized spacial score (nSPS) is 10.1. The van der Waals surface area contributed by atoms with Gasteiger partial charge in [-0.05, 0) is 30.7 Å². The van der Waals surface area contributed by atoms with Gasteiger partial charge in [-0.3, -0.25) is 9.78 Å². The molecular formula is C15H15NO2. The van der Waals surface area contributed by atoms with Gasteiger partial charge in [-0.15, -0.1) is 0 Å². The second-order valence-electron chi connectivity index (χ2n) is 4.17. The molecule has 0 bridgehead atoms. The third kappa shape index (κ3) is 3.70. The Morgan fingerprint density at radius 1 is 1.17 bits per heavy atom. The number of aromatic nitrogens is 1. The summed E-state index contributed by atoms with van der Waals surface area (Å²) in [6.45, 7) is 2.09. The van der Waals surface area contributed by atoms with Crippen LogP contribution in [0.3, 0.4) is 0 Å². The summed E-state index contributed by atoms with van der Waals surface area (Å²) >= 11 is 0. The molecule has 0 unspecified atom stereocenters. The molecule has 18 heavy (non-hydrogen) atoms. The number of ketones is 1. The number of Topliss-reactive ketones (excluding diaryl/α,β-unsaturated/α-hetero) is 1. The van der Waals surface area contributed by atoms with Crippen LogP contribution in [-0.4, -0.2) is 10.8 Å².